The average molecular weight is 950 g/mol. The van der Waals surface area contributed by atoms with Gasteiger partial charge in [-0.15, -0.1) is 0 Å². The molecule has 0 aliphatic carbocycles. The highest BCUT2D eigenvalue weighted by Gasteiger charge is 2.24. The molecule has 0 bridgehead atoms. The number of pyridine rings is 1. The highest BCUT2D eigenvalue weighted by molar-refractivity contribution is 6.10. The standard InChI is InChI=1S/C67H62N4O/c1-44(2)45(3)57-41-64(68-42-59(57)48-30-32-49(33-31-48)66(4,5)6)71-60-37-34-50(67(7,8)9)38-58(60)56-36-35-53(40-63(56)71)72-52-25-18-24-51(39-52)69-43-70(62-29-17-16-28-61(62)69)65-54(46-20-12-10-13-21-46)26-19-27-55(65)47-22-14-11-15-23-47/h10-42,44-45H,1-9H3/i10D,11D,12D,13D,14D,15D,20D,21D,22D,23D,45D. The van der Waals surface area contributed by atoms with Gasteiger partial charge in [-0.1, -0.05) is 202 Å². The molecule has 0 saturated carbocycles. The van der Waals surface area contributed by atoms with Gasteiger partial charge in [-0.2, -0.15) is 0 Å². The number of hydrogen-bond acceptors (Lipinski definition) is 2. The Balaban J connectivity index is 1.07. The smallest absolute Gasteiger partial charge is 0.269 e. The first kappa shape index (κ1) is 35.1. The Morgan fingerprint density at radius 2 is 1.21 bits per heavy atom. The third kappa shape index (κ3) is 8.57. The number of rotatable bonds is 10. The molecule has 1 unspecified atom stereocenters. The minimum atomic E-state index is -0.977. The Kier molecular flexibility index (Phi) is 8.93. The first-order chi connectivity index (χ1) is 39.2. The van der Waals surface area contributed by atoms with E-state index in [1.54, 1.807) is 27.3 Å². The van der Waals surface area contributed by atoms with Crippen LogP contribution in [0.15, 0.2) is 200 Å². The molecular weight excluding hydrogens is 877 g/mol. The van der Waals surface area contributed by atoms with Crippen LogP contribution in [0.5, 0.6) is 11.5 Å². The fraction of sp³-hybridized carbons (Fsp3) is 0.194. The molecule has 11 rings (SSSR count). The van der Waals surface area contributed by atoms with E-state index in [4.69, 9.17) is 23.4 Å². The lowest BCUT2D eigenvalue weighted by Crippen LogP contribution is -2.31. The lowest BCUT2D eigenvalue weighted by atomic mass is 9.84. The lowest BCUT2D eigenvalue weighted by molar-refractivity contribution is -0.571. The van der Waals surface area contributed by atoms with E-state index in [-0.39, 0.29) is 44.7 Å². The molecule has 0 aliphatic heterocycles. The molecule has 72 heavy (non-hydrogen) atoms. The maximum atomic E-state index is 9.86. The molecule has 0 N–H and O–H groups in total. The Morgan fingerprint density at radius 1 is 0.569 bits per heavy atom. The van der Waals surface area contributed by atoms with Gasteiger partial charge in [0.2, 0.25) is 0 Å². The number of benzene rings is 8. The van der Waals surface area contributed by atoms with Crippen LogP contribution in [0.4, 0.5) is 0 Å². The van der Waals surface area contributed by atoms with E-state index in [0.717, 1.165) is 38.5 Å². The van der Waals surface area contributed by atoms with E-state index in [2.05, 4.69) is 121 Å². The fourth-order valence-corrected chi connectivity index (χ4v) is 9.56. The van der Waals surface area contributed by atoms with Crippen molar-refractivity contribution >= 4 is 32.8 Å². The first-order valence-corrected chi connectivity index (χ1v) is 24.4. The molecule has 11 aromatic rings. The molecule has 356 valence electrons. The average Bonchev–Trinajstić information content (AvgIpc) is 2.89. The van der Waals surface area contributed by atoms with Crippen LogP contribution in [0.3, 0.4) is 0 Å². The largest absolute Gasteiger partial charge is 0.458 e. The van der Waals surface area contributed by atoms with Crippen LogP contribution >= 0.6 is 0 Å². The van der Waals surface area contributed by atoms with Crippen molar-refractivity contribution in [2.24, 2.45) is 5.92 Å². The highest BCUT2D eigenvalue weighted by Crippen LogP contribution is 2.41. The van der Waals surface area contributed by atoms with Crippen molar-refractivity contribution in [3.63, 3.8) is 0 Å². The predicted octanol–water partition coefficient (Wildman–Crippen LogP) is 17.3. The second-order valence-corrected chi connectivity index (χ2v) is 20.8. The normalized spacial score (nSPS) is 15.2. The molecule has 0 amide bonds. The van der Waals surface area contributed by atoms with Crippen LogP contribution in [-0.4, -0.2) is 14.1 Å². The van der Waals surface area contributed by atoms with Crippen molar-refractivity contribution < 1.29 is 24.4 Å². The second kappa shape index (κ2) is 18.3. The van der Waals surface area contributed by atoms with Crippen molar-refractivity contribution in [2.45, 2.75) is 79.0 Å². The Labute approximate surface area is 440 Å². The van der Waals surface area contributed by atoms with Gasteiger partial charge in [-0.05, 0) is 116 Å². The van der Waals surface area contributed by atoms with Gasteiger partial charge in [0.05, 0.1) is 47.1 Å². The van der Waals surface area contributed by atoms with Gasteiger partial charge in [-0.25, -0.2) is 4.98 Å². The fourth-order valence-electron chi connectivity index (χ4n) is 9.56. The summed E-state index contributed by atoms with van der Waals surface area (Å²) in [6.07, 6.45) is 5.38. The van der Waals surface area contributed by atoms with Crippen LogP contribution < -0.4 is 9.30 Å². The summed E-state index contributed by atoms with van der Waals surface area (Å²) in [5.41, 5.74) is 8.82. The van der Waals surface area contributed by atoms with E-state index in [1.807, 2.05) is 73.8 Å². The zero-order valence-corrected chi connectivity index (χ0v) is 42.1. The van der Waals surface area contributed by atoms with Crippen LogP contribution in [0.25, 0.3) is 83.4 Å². The van der Waals surface area contributed by atoms with Crippen molar-refractivity contribution in [3.05, 3.63) is 223 Å². The summed E-state index contributed by atoms with van der Waals surface area (Å²) in [7, 11) is 0. The van der Waals surface area contributed by atoms with E-state index in [1.165, 1.54) is 11.1 Å². The van der Waals surface area contributed by atoms with E-state index >= 15 is 0 Å². The minimum Gasteiger partial charge on any atom is -0.458 e. The number of imidazole rings is 1. The summed E-state index contributed by atoms with van der Waals surface area (Å²) in [5, 5.41) is 2.05. The molecule has 0 radical (unpaired) electrons. The first-order valence-electron chi connectivity index (χ1n) is 29.9. The maximum absolute atomic E-state index is 9.86. The van der Waals surface area contributed by atoms with Crippen LogP contribution in [0, 0.1) is 12.2 Å². The molecule has 3 heterocycles. The Hall–Kier alpha value is -8.02. The van der Waals surface area contributed by atoms with Gasteiger partial charge >= 0.3 is 0 Å². The SMILES string of the molecule is [2H]c1c([2H])c([2H])c(-c2cccc(-c3c([2H])c([2H])c([2H])c([2H])c3[2H])c2-[n+]2[c-]n(-c3cccc(Oc4ccc5c6cc(C(C)(C)C)ccc6n(-c6cc(C([2H])(C)C(C)C)c(-c7ccc(C(C)(C)C)cc7)cn6)c5c4)c3)c3ccccc32)c([2H])c1[2H]. The predicted molar refractivity (Wildman–Crippen MR) is 299 cm³/mol. The van der Waals surface area contributed by atoms with Crippen molar-refractivity contribution in [1.29, 1.82) is 0 Å². The maximum Gasteiger partial charge on any atom is 0.269 e. The van der Waals surface area contributed by atoms with E-state index < -0.39 is 66.3 Å². The van der Waals surface area contributed by atoms with E-state index in [0.29, 0.717) is 34.0 Å². The monoisotopic (exact) mass is 950 g/mol. The summed E-state index contributed by atoms with van der Waals surface area (Å²) >= 11 is 0. The topological polar surface area (TPSA) is 35.9 Å². The zero-order valence-electron chi connectivity index (χ0n) is 53.1. The molecule has 5 nitrogen and oxygen atoms in total. The zero-order chi connectivity index (χ0) is 59.5. The van der Waals surface area contributed by atoms with Gasteiger partial charge in [0.25, 0.3) is 6.33 Å². The summed E-state index contributed by atoms with van der Waals surface area (Å²) in [6, 6.07) is 37.6. The summed E-state index contributed by atoms with van der Waals surface area (Å²) < 4.78 is 110. The molecule has 0 fully saturated rings. The second-order valence-electron chi connectivity index (χ2n) is 20.8. The van der Waals surface area contributed by atoms with Gasteiger partial charge in [0, 0.05) is 30.0 Å². The third-order valence-corrected chi connectivity index (χ3v) is 13.7. The Morgan fingerprint density at radius 3 is 1.88 bits per heavy atom. The summed E-state index contributed by atoms with van der Waals surface area (Å²) in [4.78, 5) is 5.21. The molecule has 0 saturated heterocycles. The summed E-state index contributed by atoms with van der Waals surface area (Å²) in [5.74, 6) is 0.700. The van der Waals surface area contributed by atoms with Gasteiger partial charge in [0.15, 0.2) is 0 Å². The van der Waals surface area contributed by atoms with Gasteiger partial charge in [-0.3, -0.25) is 13.7 Å². The molecular formula is C67H62N4O. The molecule has 8 aromatic carbocycles. The molecule has 0 spiro atoms. The minimum absolute atomic E-state index is 0.0199. The summed E-state index contributed by atoms with van der Waals surface area (Å²) in [6.45, 7) is 19.3. The van der Waals surface area contributed by atoms with Crippen molar-refractivity contribution in [2.75, 3.05) is 0 Å². The Bertz CT molecular complexity index is 4310. The number of ether oxygens (including phenoxy) is 1. The quantitative estimate of drug-likeness (QED) is 0.101. The van der Waals surface area contributed by atoms with Crippen LogP contribution in [-0.2, 0) is 10.8 Å². The number of nitrogens with zero attached hydrogens (tertiary/aromatic N) is 4. The third-order valence-electron chi connectivity index (χ3n) is 13.7. The number of aromatic nitrogens is 4. The van der Waals surface area contributed by atoms with Crippen molar-refractivity contribution in [1.82, 2.24) is 14.1 Å². The van der Waals surface area contributed by atoms with Gasteiger partial charge in [0.1, 0.15) is 17.3 Å². The van der Waals surface area contributed by atoms with Gasteiger partial charge < -0.3 is 4.74 Å². The van der Waals surface area contributed by atoms with E-state index in [9.17, 15) is 1.37 Å². The number of fused-ring (bicyclic) bond motifs is 4. The molecule has 0 aliphatic rings. The number of para-hydroxylation sites is 3. The molecule has 1 atom stereocenters. The highest BCUT2D eigenvalue weighted by atomic mass is 16.5. The van der Waals surface area contributed by atoms with Crippen LogP contribution in [0.2, 0.25) is 0 Å². The molecule has 3 aromatic heterocycles. The lowest BCUT2D eigenvalue weighted by Gasteiger charge is -2.23. The van der Waals surface area contributed by atoms with Crippen molar-refractivity contribution in [3.8, 4) is 62.1 Å². The number of hydrogen-bond donors (Lipinski definition) is 0. The molecule has 5 heteroatoms. The van der Waals surface area contributed by atoms with Crippen LogP contribution in [0.1, 0.15) is 100.0 Å².